The molecule has 0 spiro atoms. The molecule has 1 aliphatic rings. The second kappa shape index (κ2) is 2.42. The monoisotopic (exact) mass is 160 g/mol. The lowest BCUT2D eigenvalue weighted by Crippen LogP contribution is -1.94. The van der Waals surface area contributed by atoms with Crippen molar-refractivity contribution in [1.82, 2.24) is 0 Å². The predicted molar refractivity (Wildman–Crippen MR) is 44.8 cm³/mol. The highest BCUT2D eigenvalue weighted by atomic mass is 16.5. The summed E-state index contributed by atoms with van der Waals surface area (Å²) in [6.45, 7) is 0.675. The fourth-order valence-corrected chi connectivity index (χ4v) is 1.40. The molecule has 3 heteroatoms. The van der Waals surface area contributed by atoms with Crippen LogP contribution in [0.1, 0.15) is 11.1 Å². The number of nitriles is 1. The molecule has 1 aromatic carbocycles. The summed E-state index contributed by atoms with van der Waals surface area (Å²) in [6.07, 6.45) is 0.816. The second-order valence-corrected chi connectivity index (χ2v) is 2.71. The van der Waals surface area contributed by atoms with Crippen molar-refractivity contribution in [2.24, 2.45) is 0 Å². The molecule has 0 aliphatic carbocycles. The van der Waals surface area contributed by atoms with E-state index in [-0.39, 0.29) is 0 Å². The van der Waals surface area contributed by atoms with Gasteiger partial charge in [-0.1, -0.05) is 0 Å². The highest BCUT2D eigenvalue weighted by Crippen LogP contribution is 2.31. The van der Waals surface area contributed by atoms with Crippen LogP contribution in [0.2, 0.25) is 0 Å². The number of hydrogen-bond donors (Lipinski definition) is 1. The lowest BCUT2D eigenvalue weighted by Gasteiger charge is -2.02. The largest absolute Gasteiger partial charge is 0.493 e. The molecule has 0 radical (unpaired) electrons. The van der Waals surface area contributed by atoms with Gasteiger partial charge < -0.3 is 10.5 Å². The smallest absolute Gasteiger partial charge is 0.124 e. The molecule has 1 aliphatic heterocycles. The number of rotatable bonds is 0. The normalized spacial score (nSPS) is 13.2. The standard InChI is InChI=1S/C9H8N2O/c10-5-6-1-2-8-7(9(6)11)3-4-12-8/h1-2H,3-4,11H2. The minimum Gasteiger partial charge on any atom is -0.493 e. The Kier molecular flexibility index (Phi) is 1.41. The van der Waals surface area contributed by atoms with Gasteiger partial charge in [0.1, 0.15) is 11.8 Å². The Bertz CT molecular complexity index is 366. The van der Waals surface area contributed by atoms with E-state index >= 15 is 0 Å². The highest BCUT2D eigenvalue weighted by Gasteiger charge is 2.16. The Balaban J connectivity index is 2.63. The molecule has 1 heterocycles. The lowest BCUT2D eigenvalue weighted by atomic mass is 10.1. The van der Waals surface area contributed by atoms with E-state index < -0.39 is 0 Å². The first-order valence-electron chi connectivity index (χ1n) is 3.77. The van der Waals surface area contributed by atoms with Crippen molar-refractivity contribution in [2.45, 2.75) is 6.42 Å². The first-order valence-corrected chi connectivity index (χ1v) is 3.77. The van der Waals surface area contributed by atoms with E-state index in [1.165, 1.54) is 0 Å². The third kappa shape index (κ3) is 0.817. The van der Waals surface area contributed by atoms with Gasteiger partial charge in [0, 0.05) is 12.0 Å². The Hall–Kier alpha value is -1.69. The van der Waals surface area contributed by atoms with Gasteiger partial charge in [-0.3, -0.25) is 0 Å². The van der Waals surface area contributed by atoms with Crippen LogP contribution in [0.25, 0.3) is 0 Å². The zero-order valence-corrected chi connectivity index (χ0v) is 6.50. The van der Waals surface area contributed by atoms with Crippen LogP contribution >= 0.6 is 0 Å². The molecule has 60 valence electrons. The molecule has 0 unspecified atom stereocenters. The molecule has 3 nitrogen and oxygen atoms in total. The number of nitrogen functional groups attached to an aromatic ring is 1. The molecular formula is C9H8N2O. The maximum atomic E-state index is 8.68. The average Bonchev–Trinajstić information content (AvgIpc) is 2.53. The highest BCUT2D eigenvalue weighted by molar-refractivity contribution is 5.64. The first kappa shape index (κ1) is 6.99. The molecule has 0 bridgehead atoms. The van der Waals surface area contributed by atoms with Crippen molar-refractivity contribution in [1.29, 1.82) is 5.26 Å². The molecule has 0 saturated carbocycles. The average molecular weight is 160 g/mol. The van der Waals surface area contributed by atoms with E-state index in [2.05, 4.69) is 0 Å². The van der Waals surface area contributed by atoms with Gasteiger partial charge in [0.15, 0.2) is 0 Å². The maximum absolute atomic E-state index is 8.68. The molecule has 0 saturated heterocycles. The van der Waals surface area contributed by atoms with Crippen molar-refractivity contribution >= 4 is 5.69 Å². The molecule has 2 rings (SSSR count). The van der Waals surface area contributed by atoms with Gasteiger partial charge in [0.05, 0.1) is 17.9 Å². The summed E-state index contributed by atoms with van der Waals surface area (Å²) in [6, 6.07) is 5.54. The summed E-state index contributed by atoms with van der Waals surface area (Å²) in [5, 5.41) is 8.68. The molecule has 12 heavy (non-hydrogen) atoms. The third-order valence-electron chi connectivity index (χ3n) is 2.04. The van der Waals surface area contributed by atoms with Crippen LogP contribution in [0.3, 0.4) is 0 Å². The van der Waals surface area contributed by atoms with E-state index in [0.717, 1.165) is 17.7 Å². The maximum Gasteiger partial charge on any atom is 0.124 e. The number of ether oxygens (including phenoxy) is 1. The summed E-state index contributed by atoms with van der Waals surface area (Å²) in [7, 11) is 0. The topological polar surface area (TPSA) is 59.0 Å². The van der Waals surface area contributed by atoms with Crippen molar-refractivity contribution in [2.75, 3.05) is 12.3 Å². The number of nitrogens with two attached hydrogens (primary N) is 1. The number of hydrogen-bond acceptors (Lipinski definition) is 3. The summed E-state index contributed by atoms with van der Waals surface area (Å²) >= 11 is 0. The van der Waals surface area contributed by atoms with Gasteiger partial charge in [-0.25, -0.2) is 0 Å². The molecule has 0 fully saturated rings. The summed E-state index contributed by atoms with van der Waals surface area (Å²) in [5.74, 6) is 0.825. The van der Waals surface area contributed by atoms with E-state index in [9.17, 15) is 0 Å². The Labute approximate surface area is 70.4 Å². The molecule has 2 N–H and O–H groups in total. The number of benzene rings is 1. The number of anilines is 1. The second-order valence-electron chi connectivity index (χ2n) is 2.71. The first-order chi connectivity index (χ1) is 5.83. The predicted octanol–water partition coefficient (Wildman–Crippen LogP) is 1.08. The van der Waals surface area contributed by atoms with E-state index in [4.69, 9.17) is 15.7 Å². The van der Waals surface area contributed by atoms with Crippen molar-refractivity contribution in [3.8, 4) is 11.8 Å². The Morgan fingerprint density at radius 3 is 3.08 bits per heavy atom. The molecule has 0 atom stereocenters. The van der Waals surface area contributed by atoms with Gasteiger partial charge in [-0.15, -0.1) is 0 Å². The molecule has 0 aromatic heterocycles. The van der Waals surface area contributed by atoms with Crippen LogP contribution in [0.15, 0.2) is 12.1 Å². The summed E-state index contributed by atoms with van der Waals surface area (Å²) in [4.78, 5) is 0. The van der Waals surface area contributed by atoms with Crippen LogP contribution in [-0.2, 0) is 6.42 Å². The van der Waals surface area contributed by atoms with Crippen molar-refractivity contribution < 1.29 is 4.74 Å². The van der Waals surface area contributed by atoms with Crippen LogP contribution < -0.4 is 10.5 Å². The van der Waals surface area contributed by atoms with Gasteiger partial charge in [0.2, 0.25) is 0 Å². The fraction of sp³-hybridized carbons (Fsp3) is 0.222. The van der Waals surface area contributed by atoms with Crippen LogP contribution in [0, 0.1) is 11.3 Å². The van der Waals surface area contributed by atoms with Gasteiger partial charge >= 0.3 is 0 Å². The van der Waals surface area contributed by atoms with E-state index in [1.807, 2.05) is 6.07 Å². The van der Waals surface area contributed by atoms with Crippen molar-refractivity contribution in [3.63, 3.8) is 0 Å². The Morgan fingerprint density at radius 2 is 2.33 bits per heavy atom. The van der Waals surface area contributed by atoms with Crippen LogP contribution in [0.5, 0.6) is 5.75 Å². The van der Waals surface area contributed by atoms with Gasteiger partial charge in [-0.2, -0.15) is 5.26 Å². The zero-order chi connectivity index (χ0) is 8.55. The van der Waals surface area contributed by atoms with Crippen LogP contribution in [0.4, 0.5) is 5.69 Å². The zero-order valence-electron chi connectivity index (χ0n) is 6.50. The van der Waals surface area contributed by atoms with Crippen molar-refractivity contribution in [3.05, 3.63) is 23.3 Å². The number of nitrogens with zero attached hydrogens (tertiary/aromatic N) is 1. The summed E-state index contributed by atoms with van der Waals surface area (Å²) < 4.78 is 5.29. The lowest BCUT2D eigenvalue weighted by molar-refractivity contribution is 0.357. The quantitative estimate of drug-likeness (QED) is 0.577. The molecular weight excluding hydrogens is 152 g/mol. The minimum absolute atomic E-state index is 0.541. The molecule has 1 aromatic rings. The third-order valence-corrected chi connectivity index (χ3v) is 2.04. The van der Waals surface area contributed by atoms with Crippen LogP contribution in [-0.4, -0.2) is 6.61 Å². The summed E-state index contributed by atoms with van der Waals surface area (Å²) in [5.41, 5.74) is 7.84. The SMILES string of the molecule is N#Cc1ccc2c(c1N)CCO2. The Morgan fingerprint density at radius 1 is 1.50 bits per heavy atom. The molecule has 0 amide bonds. The minimum atomic E-state index is 0.541. The van der Waals surface area contributed by atoms with E-state index in [0.29, 0.717) is 17.9 Å². The van der Waals surface area contributed by atoms with Gasteiger partial charge in [-0.05, 0) is 12.1 Å². The van der Waals surface area contributed by atoms with Gasteiger partial charge in [0.25, 0.3) is 0 Å². The van der Waals surface area contributed by atoms with E-state index in [1.54, 1.807) is 12.1 Å². The number of fused-ring (bicyclic) bond motifs is 1. The fourth-order valence-electron chi connectivity index (χ4n) is 1.40.